The lowest BCUT2D eigenvalue weighted by molar-refractivity contribution is 0.324. The number of hydrogen-bond donors (Lipinski definition) is 2. The fourth-order valence-corrected chi connectivity index (χ4v) is 5.17. The predicted octanol–water partition coefficient (Wildman–Crippen LogP) is 3.81. The van der Waals surface area contributed by atoms with Crippen molar-refractivity contribution in [2.24, 2.45) is 4.99 Å². The molecular formula is C25H25N3O6S. The molecular weight excluding hydrogens is 470 g/mol. The van der Waals surface area contributed by atoms with Crippen LogP contribution in [0, 0.1) is 0 Å². The van der Waals surface area contributed by atoms with E-state index < -0.39 is 17.1 Å². The second-order valence-electron chi connectivity index (χ2n) is 7.65. The summed E-state index contributed by atoms with van der Waals surface area (Å²) < 4.78 is 17.6. The maximum Gasteiger partial charge on any atom is 0.331 e. The molecule has 0 radical (unpaired) electrons. The highest BCUT2D eigenvalue weighted by Crippen LogP contribution is 2.49. The molecule has 1 aromatic heterocycles. The second kappa shape index (κ2) is 10.1. The third kappa shape index (κ3) is 4.57. The average Bonchev–Trinajstić information content (AvgIpc) is 3.05. The van der Waals surface area contributed by atoms with E-state index in [0.717, 1.165) is 15.0 Å². The Morgan fingerprint density at radius 2 is 1.86 bits per heavy atom. The van der Waals surface area contributed by atoms with Crippen molar-refractivity contribution in [2.45, 2.75) is 23.1 Å². The van der Waals surface area contributed by atoms with Gasteiger partial charge in [0.25, 0.3) is 5.56 Å². The standard InChI is InChI=1S/C25H25N3O6S/c1-5-10-28-24(30)21(23(29)27-25(28)31)16-13-20(35-19-9-7-6-8-15(19)26-16)14-11-17(32-2)22(34-4)18(12-14)33-3/h5-9,11-12,20,30H,1,10,13H2,2-4H3,(H,27,29,31)/t20-/m0/s1. The minimum Gasteiger partial charge on any atom is -0.494 e. The molecule has 9 nitrogen and oxygen atoms in total. The van der Waals surface area contributed by atoms with Crippen LogP contribution in [0.25, 0.3) is 0 Å². The third-order valence-electron chi connectivity index (χ3n) is 5.60. The van der Waals surface area contributed by atoms with Crippen LogP contribution in [0.1, 0.15) is 22.8 Å². The highest BCUT2D eigenvalue weighted by Gasteiger charge is 2.28. The number of hydrogen-bond acceptors (Lipinski definition) is 8. The second-order valence-corrected chi connectivity index (χ2v) is 8.90. The Bertz CT molecular complexity index is 1400. The molecule has 2 aromatic carbocycles. The van der Waals surface area contributed by atoms with Crippen molar-refractivity contribution < 1.29 is 19.3 Å². The zero-order chi connectivity index (χ0) is 25.1. The van der Waals surface area contributed by atoms with Crippen molar-refractivity contribution in [1.82, 2.24) is 9.55 Å². The molecule has 2 heterocycles. The van der Waals surface area contributed by atoms with Gasteiger partial charge in [-0.15, -0.1) is 18.3 Å². The summed E-state index contributed by atoms with van der Waals surface area (Å²) in [6, 6.07) is 11.3. The van der Waals surface area contributed by atoms with Gasteiger partial charge in [-0.2, -0.15) is 0 Å². The van der Waals surface area contributed by atoms with Crippen molar-refractivity contribution >= 4 is 23.2 Å². The molecule has 1 atom stereocenters. The Labute approximate surface area is 205 Å². The summed E-state index contributed by atoms with van der Waals surface area (Å²) in [4.78, 5) is 33.0. The van der Waals surface area contributed by atoms with E-state index in [1.807, 2.05) is 36.4 Å². The monoisotopic (exact) mass is 495 g/mol. The van der Waals surface area contributed by atoms with Crippen LogP contribution >= 0.6 is 11.8 Å². The first kappa shape index (κ1) is 24.2. The lowest BCUT2D eigenvalue weighted by Gasteiger charge is -2.20. The predicted molar refractivity (Wildman–Crippen MR) is 135 cm³/mol. The van der Waals surface area contributed by atoms with Crippen LogP contribution in [-0.2, 0) is 6.54 Å². The molecule has 35 heavy (non-hydrogen) atoms. The number of H-pyrrole nitrogens is 1. The number of allylic oxidation sites excluding steroid dienone is 1. The molecule has 0 amide bonds. The summed E-state index contributed by atoms with van der Waals surface area (Å²) in [7, 11) is 4.63. The molecule has 1 aliphatic heterocycles. The van der Waals surface area contributed by atoms with E-state index in [0.29, 0.717) is 28.6 Å². The van der Waals surface area contributed by atoms with Crippen molar-refractivity contribution in [3.63, 3.8) is 0 Å². The van der Waals surface area contributed by atoms with Gasteiger partial charge in [0.1, 0.15) is 5.56 Å². The van der Waals surface area contributed by atoms with Crippen LogP contribution in [0.3, 0.4) is 0 Å². The average molecular weight is 496 g/mol. The molecule has 0 bridgehead atoms. The number of para-hydroxylation sites is 1. The number of nitrogens with one attached hydrogen (secondary N) is 1. The number of ether oxygens (including phenoxy) is 3. The van der Waals surface area contributed by atoms with E-state index in [1.54, 1.807) is 26.0 Å². The molecule has 0 saturated carbocycles. The van der Waals surface area contributed by atoms with Gasteiger partial charge in [0.15, 0.2) is 11.5 Å². The van der Waals surface area contributed by atoms with E-state index in [9.17, 15) is 14.7 Å². The highest BCUT2D eigenvalue weighted by atomic mass is 32.2. The smallest absolute Gasteiger partial charge is 0.331 e. The Morgan fingerprint density at radius 1 is 1.17 bits per heavy atom. The minimum absolute atomic E-state index is 0.0311. The number of thioether (sulfide) groups is 1. The lowest BCUT2D eigenvalue weighted by Crippen LogP contribution is -2.34. The first-order valence-corrected chi connectivity index (χ1v) is 11.6. The molecule has 0 aliphatic carbocycles. The van der Waals surface area contributed by atoms with Gasteiger partial charge in [0, 0.05) is 23.1 Å². The quantitative estimate of drug-likeness (QED) is 0.479. The van der Waals surface area contributed by atoms with Gasteiger partial charge in [-0.1, -0.05) is 18.2 Å². The van der Waals surface area contributed by atoms with E-state index >= 15 is 0 Å². The van der Waals surface area contributed by atoms with E-state index in [-0.39, 0.29) is 23.8 Å². The summed E-state index contributed by atoms with van der Waals surface area (Å²) in [6.45, 7) is 3.65. The van der Waals surface area contributed by atoms with Gasteiger partial charge < -0.3 is 19.3 Å². The summed E-state index contributed by atoms with van der Waals surface area (Å²) >= 11 is 1.57. The fraction of sp³-hybridized carbons (Fsp3) is 0.240. The number of aromatic amines is 1. The fourth-order valence-electron chi connectivity index (χ4n) is 3.96. The van der Waals surface area contributed by atoms with Crippen LogP contribution in [-0.4, -0.2) is 41.7 Å². The van der Waals surface area contributed by atoms with Crippen LogP contribution in [0.4, 0.5) is 5.69 Å². The van der Waals surface area contributed by atoms with Gasteiger partial charge in [-0.3, -0.25) is 19.3 Å². The molecule has 10 heteroatoms. The SMILES string of the molecule is C=CCn1c(O)c(C2=Nc3ccccc3S[C@H](c3cc(OC)c(OC)c(OC)c3)C2)c(=O)[nH]c1=O. The van der Waals surface area contributed by atoms with E-state index in [4.69, 9.17) is 19.2 Å². The number of nitrogens with zero attached hydrogens (tertiary/aromatic N) is 2. The van der Waals surface area contributed by atoms with Crippen molar-refractivity contribution in [2.75, 3.05) is 21.3 Å². The summed E-state index contributed by atoms with van der Waals surface area (Å²) in [6.07, 6.45) is 1.74. The normalized spacial score (nSPS) is 14.9. The molecule has 2 N–H and O–H groups in total. The number of aromatic nitrogens is 2. The van der Waals surface area contributed by atoms with Crippen LogP contribution in [0.15, 0.2) is 68.5 Å². The first-order chi connectivity index (χ1) is 16.9. The number of aromatic hydroxyl groups is 1. The zero-order valence-corrected chi connectivity index (χ0v) is 20.3. The number of fused-ring (bicyclic) bond motifs is 1. The molecule has 0 spiro atoms. The molecule has 4 rings (SSSR count). The first-order valence-electron chi connectivity index (χ1n) is 10.7. The number of rotatable bonds is 7. The maximum atomic E-state index is 12.9. The molecule has 0 fully saturated rings. The van der Waals surface area contributed by atoms with Crippen LogP contribution in [0.2, 0.25) is 0 Å². The zero-order valence-electron chi connectivity index (χ0n) is 19.5. The lowest BCUT2D eigenvalue weighted by atomic mass is 10.0. The van der Waals surface area contributed by atoms with Gasteiger partial charge in [0.05, 0.1) is 32.7 Å². The van der Waals surface area contributed by atoms with E-state index in [1.165, 1.54) is 13.2 Å². The van der Waals surface area contributed by atoms with Crippen LogP contribution in [0.5, 0.6) is 23.1 Å². The largest absolute Gasteiger partial charge is 0.494 e. The van der Waals surface area contributed by atoms with Gasteiger partial charge in [-0.05, 0) is 29.8 Å². The molecule has 182 valence electrons. The summed E-state index contributed by atoms with van der Waals surface area (Å²) in [5.74, 6) is 1.01. The number of aliphatic imine (C=N–C) groups is 1. The molecule has 3 aromatic rings. The number of methoxy groups -OCH3 is 3. The number of benzene rings is 2. The van der Waals surface area contributed by atoms with Crippen molar-refractivity contribution in [3.05, 3.63) is 81.0 Å². The van der Waals surface area contributed by atoms with Gasteiger partial charge >= 0.3 is 5.69 Å². The minimum atomic E-state index is -0.721. The third-order valence-corrected chi connectivity index (χ3v) is 6.92. The van der Waals surface area contributed by atoms with Crippen molar-refractivity contribution in [3.8, 4) is 23.1 Å². The Morgan fingerprint density at radius 3 is 2.49 bits per heavy atom. The molecule has 0 saturated heterocycles. The van der Waals surface area contributed by atoms with Gasteiger partial charge in [0.2, 0.25) is 11.6 Å². The van der Waals surface area contributed by atoms with Gasteiger partial charge in [-0.25, -0.2) is 4.79 Å². The summed E-state index contributed by atoms with van der Waals surface area (Å²) in [5, 5.41) is 10.7. The Hall–Kier alpha value is -3.92. The van der Waals surface area contributed by atoms with Crippen LogP contribution < -0.4 is 25.5 Å². The highest BCUT2D eigenvalue weighted by molar-refractivity contribution is 7.99. The molecule has 0 unspecified atom stereocenters. The maximum absolute atomic E-state index is 12.9. The Balaban J connectivity index is 1.92. The topological polar surface area (TPSA) is 115 Å². The molecule has 1 aliphatic rings. The Kier molecular flexibility index (Phi) is 7.02. The van der Waals surface area contributed by atoms with Crippen molar-refractivity contribution in [1.29, 1.82) is 0 Å². The summed E-state index contributed by atoms with van der Waals surface area (Å²) in [5.41, 5.74) is 0.367. The van der Waals surface area contributed by atoms with E-state index in [2.05, 4.69) is 11.6 Å².